The molecule has 0 saturated carbocycles. The first-order chi connectivity index (χ1) is 38.0. The summed E-state index contributed by atoms with van der Waals surface area (Å²) < 4.78 is 17.0. The monoisotopic (exact) mass is 1080 g/mol. The molecule has 0 aliphatic rings. The van der Waals surface area contributed by atoms with Gasteiger partial charge in [-0.15, -0.1) is 0 Å². The third-order valence-electron chi connectivity index (χ3n) is 15.6. The van der Waals surface area contributed by atoms with E-state index in [1.54, 1.807) is 0 Å². The van der Waals surface area contributed by atoms with E-state index in [2.05, 4.69) is 57.2 Å². The highest BCUT2D eigenvalue weighted by Gasteiger charge is 2.19. The van der Waals surface area contributed by atoms with Gasteiger partial charge in [0.25, 0.3) is 0 Å². The van der Waals surface area contributed by atoms with E-state index in [1.165, 1.54) is 270 Å². The fraction of sp³-hybridized carbons (Fsp3) is 0.873. The van der Waals surface area contributed by atoms with Crippen molar-refractivity contribution in [1.82, 2.24) is 0 Å². The van der Waals surface area contributed by atoms with Crippen LogP contribution in [0.1, 0.15) is 380 Å². The van der Waals surface area contributed by atoms with Crippen LogP contribution in [0.3, 0.4) is 0 Å². The standard InChI is InChI=1S/C71H132O6/c1-4-7-10-13-16-19-22-25-28-30-32-34-35-36-37-38-40-41-43-46-49-52-55-58-61-64-70(73)76-67-68(66-75-69(72)63-60-57-54-51-48-45-27-24-21-18-15-12-9-6-3)77-71(74)65-62-59-56-53-50-47-44-42-39-33-31-29-26-23-20-17-14-11-8-5-2/h22,25,30,32,35-36,68H,4-21,23-24,26-29,31,33-34,37-67H2,1-3H3/b25-22-,32-30-,36-35-. The fourth-order valence-electron chi connectivity index (χ4n) is 10.5. The molecule has 0 bridgehead atoms. The van der Waals surface area contributed by atoms with Crippen molar-refractivity contribution in [2.45, 2.75) is 386 Å². The number of carbonyl (C=O) groups excluding carboxylic acids is 3. The second kappa shape index (κ2) is 66.1. The largest absolute Gasteiger partial charge is 0.462 e. The SMILES string of the molecule is CCCCCCC/C=C\C/C=C\C/C=C\CCCCCCCCCCCCC(=O)OCC(COC(=O)CCCCCCCCCCCCCCCC)OC(=O)CCCCCCCCCCCCCCCCCCCCCC. The molecule has 0 aromatic carbocycles. The van der Waals surface area contributed by atoms with Crippen LogP contribution in [0.2, 0.25) is 0 Å². The van der Waals surface area contributed by atoms with Gasteiger partial charge >= 0.3 is 17.9 Å². The van der Waals surface area contributed by atoms with Crippen molar-refractivity contribution in [2.75, 3.05) is 13.2 Å². The minimum Gasteiger partial charge on any atom is -0.462 e. The molecule has 0 rings (SSSR count). The predicted octanol–water partition coefficient (Wildman–Crippen LogP) is 23.6. The lowest BCUT2D eigenvalue weighted by molar-refractivity contribution is -0.167. The Bertz CT molecular complexity index is 1290. The molecule has 77 heavy (non-hydrogen) atoms. The maximum Gasteiger partial charge on any atom is 0.306 e. The lowest BCUT2D eigenvalue weighted by atomic mass is 10.0. The molecule has 0 saturated heterocycles. The highest BCUT2D eigenvalue weighted by Crippen LogP contribution is 2.18. The van der Waals surface area contributed by atoms with Crippen molar-refractivity contribution in [1.29, 1.82) is 0 Å². The predicted molar refractivity (Wildman–Crippen MR) is 335 cm³/mol. The van der Waals surface area contributed by atoms with Crippen molar-refractivity contribution in [3.8, 4) is 0 Å². The normalized spacial score (nSPS) is 12.2. The van der Waals surface area contributed by atoms with Crippen LogP contribution < -0.4 is 0 Å². The highest BCUT2D eigenvalue weighted by molar-refractivity contribution is 5.71. The van der Waals surface area contributed by atoms with Crippen LogP contribution in [0, 0.1) is 0 Å². The summed E-state index contributed by atoms with van der Waals surface area (Å²) in [5.41, 5.74) is 0. The van der Waals surface area contributed by atoms with Crippen LogP contribution in [-0.2, 0) is 28.6 Å². The summed E-state index contributed by atoms with van der Waals surface area (Å²) in [5.74, 6) is -0.841. The summed E-state index contributed by atoms with van der Waals surface area (Å²) in [4.78, 5) is 38.4. The molecule has 0 spiro atoms. The average molecular weight is 1080 g/mol. The lowest BCUT2D eigenvalue weighted by Gasteiger charge is -2.18. The van der Waals surface area contributed by atoms with Gasteiger partial charge in [0.05, 0.1) is 0 Å². The van der Waals surface area contributed by atoms with Crippen molar-refractivity contribution in [2.24, 2.45) is 0 Å². The first kappa shape index (κ1) is 74.6. The van der Waals surface area contributed by atoms with E-state index in [-0.39, 0.29) is 31.1 Å². The van der Waals surface area contributed by atoms with E-state index in [1.807, 2.05) is 0 Å². The molecule has 0 fully saturated rings. The smallest absolute Gasteiger partial charge is 0.306 e. The molecule has 0 N–H and O–H groups in total. The van der Waals surface area contributed by atoms with Crippen molar-refractivity contribution >= 4 is 17.9 Å². The van der Waals surface area contributed by atoms with E-state index < -0.39 is 6.10 Å². The summed E-state index contributed by atoms with van der Waals surface area (Å²) in [5, 5.41) is 0. The van der Waals surface area contributed by atoms with Gasteiger partial charge in [-0.3, -0.25) is 14.4 Å². The molecular formula is C71H132O6. The average Bonchev–Trinajstić information content (AvgIpc) is 3.43. The molecule has 6 heteroatoms. The summed E-state index contributed by atoms with van der Waals surface area (Å²) >= 11 is 0. The summed E-state index contributed by atoms with van der Waals surface area (Å²) in [6.45, 7) is 6.70. The third kappa shape index (κ3) is 64.3. The minimum absolute atomic E-state index is 0.0671. The second-order valence-electron chi connectivity index (χ2n) is 23.5. The van der Waals surface area contributed by atoms with Crippen LogP contribution in [0.5, 0.6) is 0 Å². The number of allylic oxidation sites excluding steroid dienone is 6. The van der Waals surface area contributed by atoms with Crippen LogP contribution >= 0.6 is 0 Å². The van der Waals surface area contributed by atoms with E-state index in [9.17, 15) is 14.4 Å². The van der Waals surface area contributed by atoms with E-state index in [0.29, 0.717) is 19.3 Å². The fourth-order valence-corrected chi connectivity index (χ4v) is 10.5. The molecule has 1 atom stereocenters. The minimum atomic E-state index is -0.771. The third-order valence-corrected chi connectivity index (χ3v) is 15.6. The highest BCUT2D eigenvalue weighted by atomic mass is 16.6. The molecule has 0 aromatic heterocycles. The van der Waals surface area contributed by atoms with Gasteiger partial charge in [0.1, 0.15) is 13.2 Å². The molecule has 0 aromatic rings. The number of esters is 3. The van der Waals surface area contributed by atoms with Crippen LogP contribution in [-0.4, -0.2) is 37.2 Å². The maximum atomic E-state index is 12.9. The first-order valence-corrected chi connectivity index (χ1v) is 34.5. The molecule has 1 unspecified atom stereocenters. The van der Waals surface area contributed by atoms with Gasteiger partial charge in [0.2, 0.25) is 0 Å². The Kier molecular flexibility index (Phi) is 64.1. The molecular weight excluding hydrogens is 949 g/mol. The summed E-state index contributed by atoms with van der Waals surface area (Å²) in [6, 6.07) is 0. The molecule has 0 heterocycles. The van der Waals surface area contributed by atoms with Crippen molar-refractivity contribution < 1.29 is 28.6 Å². The molecule has 6 nitrogen and oxygen atoms in total. The Morgan fingerprint density at radius 1 is 0.260 bits per heavy atom. The molecule has 452 valence electrons. The van der Waals surface area contributed by atoms with Gasteiger partial charge in [-0.2, -0.15) is 0 Å². The Morgan fingerprint density at radius 2 is 0.468 bits per heavy atom. The Balaban J connectivity index is 4.27. The zero-order valence-electron chi connectivity index (χ0n) is 52.0. The first-order valence-electron chi connectivity index (χ1n) is 34.5. The molecule has 0 radical (unpaired) electrons. The summed E-state index contributed by atoms with van der Waals surface area (Å²) in [7, 11) is 0. The van der Waals surface area contributed by atoms with E-state index in [0.717, 1.165) is 70.6 Å². The van der Waals surface area contributed by atoms with Crippen molar-refractivity contribution in [3.05, 3.63) is 36.5 Å². The molecule has 0 aliphatic carbocycles. The van der Waals surface area contributed by atoms with Crippen molar-refractivity contribution in [3.63, 3.8) is 0 Å². The Labute approximate surface area is 480 Å². The maximum absolute atomic E-state index is 12.9. The Hall–Kier alpha value is -2.37. The zero-order valence-corrected chi connectivity index (χ0v) is 52.0. The van der Waals surface area contributed by atoms with Crippen LogP contribution in [0.4, 0.5) is 0 Å². The van der Waals surface area contributed by atoms with Crippen LogP contribution in [0.15, 0.2) is 36.5 Å². The van der Waals surface area contributed by atoms with Gasteiger partial charge in [0, 0.05) is 19.3 Å². The van der Waals surface area contributed by atoms with E-state index >= 15 is 0 Å². The molecule has 0 aliphatic heterocycles. The number of hydrogen-bond acceptors (Lipinski definition) is 6. The second-order valence-corrected chi connectivity index (χ2v) is 23.5. The van der Waals surface area contributed by atoms with Crippen LogP contribution in [0.25, 0.3) is 0 Å². The van der Waals surface area contributed by atoms with Gasteiger partial charge in [-0.1, -0.05) is 340 Å². The number of carbonyl (C=O) groups is 3. The van der Waals surface area contributed by atoms with E-state index in [4.69, 9.17) is 14.2 Å². The van der Waals surface area contributed by atoms with Gasteiger partial charge in [-0.05, 0) is 57.8 Å². The zero-order chi connectivity index (χ0) is 55.7. The van der Waals surface area contributed by atoms with Gasteiger partial charge in [-0.25, -0.2) is 0 Å². The molecule has 0 amide bonds. The van der Waals surface area contributed by atoms with Gasteiger partial charge < -0.3 is 14.2 Å². The number of hydrogen-bond donors (Lipinski definition) is 0. The summed E-state index contributed by atoms with van der Waals surface area (Å²) in [6.07, 6.45) is 81.6. The Morgan fingerprint density at radius 3 is 0.727 bits per heavy atom. The lowest BCUT2D eigenvalue weighted by Crippen LogP contribution is -2.30. The number of unbranched alkanes of at least 4 members (excludes halogenated alkanes) is 47. The van der Waals surface area contributed by atoms with Gasteiger partial charge in [0.15, 0.2) is 6.10 Å². The topological polar surface area (TPSA) is 78.9 Å². The number of ether oxygens (including phenoxy) is 3. The quantitative estimate of drug-likeness (QED) is 0.0261. The number of rotatable bonds is 64.